The van der Waals surface area contributed by atoms with E-state index in [0.29, 0.717) is 0 Å². The highest BCUT2D eigenvalue weighted by molar-refractivity contribution is 7.91. The van der Waals surface area contributed by atoms with Gasteiger partial charge in [-0.25, -0.2) is 17.2 Å². The van der Waals surface area contributed by atoms with E-state index in [1.165, 1.54) is 0 Å². The fraction of sp³-hybridized carbons (Fsp3) is 0.400. The molecule has 1 fully saturated rings. The number of aliphatic hydroxyl groups excluding tert-OH is 1. The highest BCUT2D eigenvalue weighted by Crippen LogP contribution is 2.21. The molecule has 1 aliphatic heterocycles. The molecule has 2 rings (SSSR count). The van der Waals surface area contributed by atoms with E-state index >= 15 is 0 Å². The lowest BCUT2D eigenvalue weighted by Gasteiger charge is -2.16. The second kappa shape index (κ2) is 4.23. The van der Waals surface area contributed by atoms with Crippen molar-refractivity contribution in [3.8, 4) is 0 Å². The van der Waals surface area contributed by atoms with E-state index in [0.717, 1.165) is 18.2 Å². The van der Waals surface area contributed by atoms with E-state index in [1.54, 1.807) is 0 Å². The van der Waals surface area contributed by atoms with Gasteiger partial charge < -0.3 is 10.4 Å². The van der Waals surface area contributed by atoms with E-state index in [2.05, 4.69) is 5.32 Å². The molecular formula is C10H11F2NO3S. The Bertz CT molecular complexity index is 532. The third-order valence-corrected chi connectivity index (χ3v) is 4.31. The summed E-state index contributed by atoms with van der Waals surface area (Å²) in [5, 5.41) is 12.0. The van der Waals surface area contributed by atoms with Crippen molar-refractivity contribution in [2.24, 2.45) is 0 Å². The molecule has 1 aliphatic rings. The average molecular weight is 263 g/mol. The van der Waals surface area contributed by atoms with Gasteiger partial charge in [-0.1, -0.05) is 0 Å². The van der Waals surface area contributed by atoms with Crippen LogP contribution in [0.15, 0.2) is 18.2 Å². The second-order valence-corrected chi connectivity index (χ2v) is 6.17. The molecule has 0 aromatic heterocycles. The van der Waals surface area contributed by atoms with E-state index in [9.17, 15) is 22.3 Å². The maximum Gasteiger partial charge on any atom is 0.155 e. The van der Waals surface area contributed by atoms with Crippen LogP contribution in [-0.4, -0.2) is 37.2 Å². The molecule has 0 radical (unpaired) electrons. The molecule has 0 amide bonds. The summed E-state index contributed by atoms with van der Waals surface area (Å²) in [7, 11) is -3.32. The molecule has 0 spiro atoms. The maximum atomic E-state index is 13.3. The molecule has 2 atom stereocenters. The zero-order chi connectivity index (χ0) is 12.6. The summed E-state index contributed by atoms with van der Waals surface area (Å²) < 4.78 is 48.6. The first-order valence-electron chi connectivity index (χ1n) is 4.97. The lowest BCUT2D eigenvalue weighted by atomic mass is 10.2. The van der Waals surface area contributed by atoms with Crippen molar-refractivity contribution >= 4 is 15.5 Å². The Morgan fingerprint density at radius 2 is 2.00 bits per heavy atom. The summed E-state index contributed by atoms with van der Waals surface area (Å²) in [6.45, 7) is 0. The summed E-state index contributed by atoms with van der Waals surface area (Å²) in [5.41, 5.74) is -0.147. The van der Waals surface area contributed by atoms with Gasteiger partial charge in [0.05, 0.1) is 29.3 Å². The zero-order valence-corrected chi connectivity index (χ0v) is 9.55. The third kappa shape index (κ3) is 2.73. The van der Waals surface area contributed by atoms with Crippen LogP contribution in [0.4, 0.5) is 14.5 Å². The molecule has 0 unspecified atom stereocenters. The summed E-state index contributed by atoms with van der Waals surface area (Å²) >= 11 is 0. The van der Waals surface area contributed by atoms with Gasteiger partial charge in [0.25, 0.3) is 0 Å². The minimum atomic E-state index is -3.32. The lowest BCUT2D eigenvalue weighted by Crippen LogP contribution is -2.32. The van der Waals surface area contributed by atoms with Crippen molar-refractivity contribution in [1.82, 2.24) is 0 Å². The predicted octanol–water partition coefficient (Wildman–Crippen LogP) is 0.535. The fourth-order valence-corrected chi connectivity index (χ4v) is 3.52. The fourth-order valence-electron chi connectivity index (χ4n) is 1.77. The number of aliphatic hydroxyl groups is 1. The molecule has 1 aromatic rings. The third-order valence-electron chi connectivity index (χ3n) is 2.59. The first-order valence-corrected chi connectivity index (χ1v) is 6.79. The summed E-state index contributed by atoms with van der Waals surface area (Å²) in [5.74, 6) is -1.97. The largest absolute Gasteiger partial charge is 0.390 e. The quantitative estimate of drug-likeness (QED) is 0.817. The highest BCUT2D eigenvalue weighted by atomic mass is 32.2. The molecule has 94 valence electrons. The number of anilines is 1. The van der Waals surface area contributed by atoms with Gasteiger partial charge in [0.2, 0.25) is 0 Å². The number of nitrogens with one attached hydrogen (secondary N) is 1. The highest BCUT2D eigenvalue weighted by Gasteiger charge is 2.36. The Labute approximate surface area is 97.2 Å². The first-order chi connectivity index (χ1) is 7.87. The van der Waals surface area contributed by atoms with Gasteiger partial charge in [0.15, 0.2) is 9.84 Å². The SMILES string of the molecule is O=S1(=O)C[C@@H](O)[C@H](Nc2cc(F)ccc2F)C1. The normalized spacial score (nSPS) is 27.0. The van der Waals surface area contributed by atoms with Crippen LogP contribution in [-0.2, 0) is 9.84 Å². The number of rotatable bonds is 2. The topological polar surface area (TPSA) is 66.4 Å². The average Bonchev–Trinajstić information content (AvgIpc) is 2.46. The number of halogens is 2. The van der Waals surface area contributed by atoms with E-state index < -0.39 is 33.6 Å². The summed E-state index contributed by atoms with van der Waals surface area (Å²) in [4.78, 5) is 0. The molecule has 4 nitrogen and oxygen atoms in total. The van der Waals surface area contributed by atoms with Gasteiger partial charge >= 0.3 is 0 Å². The van der Waals surface area contributed by atoms with E-state index in [4.69, 9.17) is 0 Å². The van der Waals surface area contributed by atoms with Crippen molar-refractivity contribution in [2.45, 2.75) is 12.1 Å². The lowest BCUT2D eigenvalue weighted by molar-refractivity contribution is 0.190. The van der Waals surface area contributed by atoms with Crippen LogP contribution >= 0.6 is 0 Å². The Morgan fingerprint density at radius 1 is 1.29 bits per heavy atom. The van der Waals surface area contributed by atoms with Gasteiger partial charge in [0, 0.05) is 0 Å². The summed E-state index contributed by atoms with van der Waals surface area (Å²) in [6, 6.07) is 2.01. The number of hydrogen-bond donors (Lipinski definition) is 2. The Kier molecular flexibility index (Phi) is 3.05. The molecular weight excluding hydrogens is 252 g/mol. The molecule has 1 aromatic carbocycles. The Balaban J connectivity index is 2.19. The van der Waals surface area contributed by atoms with Crippen LogP contribution in [0, 0.1) is 11.6 Å². The van der Waals surface area contributed by atoms with Crippen LogP contribution in [0.5, 0.6) is 0 Å². The Hall–Kier alpha value is -1.21. The van der Waals surface area contributed by atoms with Crippen LogP contribution in [0.1, 0.15) is 0 Å². The van der Waals surface area contributed by atoms with Gasteiger partial charge in [-0.05, 0) is 18.2 Å². The minimum Gasteiger partial charge on any atom is -0.390 e. The van der Waals surface area contributed by atoms with Crippen LogP contribution < -0.4 is 5.32 Å². The first kappa shape index (κ1) is 12.3. The molecule has 0 saturated carbocycles. The standard InChI is InChI=1S/C10H11F2NO3S/c11-6-1-2-7(12)8(3-6)13-9-4-17(15,16)5-10(9)14/h1-3,9-10,13-14H,4-5H2/t9-,10-/m1/s1. The molecule has 7 heteroatoms. The van der Waals surface area contributed by atoms with Crippen LogP contribution in [0.3, 0.4) is 0 Å². The smallest absolute Gasteiger partial charge is 0.155 e. The zero-order valence-electron chi connectivity index (χ0n) is 8.73. The second-order valence-electron chi connectivity index (χ2n) is 4.02. The van der Waals surface area contributed by atoms with Crippen molar-refractivity contribution in [1.29, 1.82) is 0 Å². The molecule has 1 saturated heterocycles. The maximum absolute atomic E-state index is 13.3. The van der Waals surface area contributed by atoms with Gasteiger partial charge in [-0.2, -0.15) is 0 Å². The van der Waals surface area contributed by atoms with Gasteiger partial charge in [-0.3, -0.25) is 0 Å². The monoisotopic (exact) mass is 263 g/mol. The van der Waals surface area contributed by atoms with Crippen molar-refractivity contribution in [2.75, 3.05) is 16.8 Å². The molecule has 0 aliphatic carbocycles. The van der Waals surface area contributed by atoms with Gasteiger partial charge in [-0.15, -0.1) is 0 Å². The predicted molar refractivity (Wildman–Crippen MR) is 58.4 cm³/mol. The number of hydrogen-bond acceptors (Lipinski definition) is 4. The van der Waals surface area contributed by atoms with Crippen molar-refractivity contribution in [3.05, 3.63) is 29.8 Å². The van der Waals surface area contributed by atoms with Gasteiger partial charge in [0.1, 0.15) is 11.6 Å². The van der Waals surface area contributed by atoms with Crippen molar-refractivity contribution < 1.29 is 22.3 Å². The molecule has 1 heterocycles. The number of sulfone groups is 1. The molecule has 0 bridgehead atoms. The van der Waals surface area contributed by atoms with Crippen LogP contribution in [0.2, 0.25) is 0 Å². The molecule has 17 heavy (non-hydrogen) atoms. The summed E-state index contributed by atoms with van der Waals surface area (Å²) in [6.07, 6.45) is -1.11. The number of benzene rings is 1. The Morgan fingerprint density at radius 3 is 2.59 bits per heavy atom. The van der Waals surface area contributed by atoms with E-state index in [1.807, 2.05) is 0 Å². The molecule has 2 N–H and O–H groups in total. The van der Waals surface area contributed by atoms with Crippen molar-refractivity contribution in [3.63, 3.8) is 0 Å². The van der Waals surface area contributed by atoms with Crippen LogP contribution in [0.25, 0.3) is 0 Å². The minimum absolute atomic E-state index is 0.147. The van der Waals surface area contributed by atoms with E-state index in [-0.39, 0.29) is 17.2 Å².